The van der Waals surface area contributed by atoms with E-state index in [1.54, 1.807) is 0 Å². The molecule has 12 heavy (non-hydrogen) atoms. The van der Waals surface area contributed by atoms with Crippen molar-refractivity contribution in [2.45, 2.75) is 44.6 Å². The van der Waals surface area contributed by atoms with E-state index in [1.807, 2.05) is 0 Å². The Morgan fingerprint density at radius 3 is 2.67 bits per heavy atom. The Morgan fingerprint density at radius 2 is 1.75 bits per heavy atom. The first-order valence-corrected chi connectivity index (χ1v) is 5.60. The quantitative estimate of drug-likeness (QED) is 0.585. The van der Waals surface area contributed by atoms with E-state index in [-0.39, 0.29) is 0 Å². The van der Waals surface area contributed by atoms with Crippen molar-refractivity contribution in [3.05, 3.63) is 0 Å². The average molecular weight is 165 g/mol. The molecule has 0 aromatic carbocycles. The summed E-state index contributed by atoms with van der Waals surface area (Å²) >= 11 is 0. The molecule has 0 heterocycles. The van der Waals surface area contributed by atoms with Crippen molar-refractivity contribution in [3.63, 3.8) is 0 Å². The van der Waals surface area contributed by atoms with Crippen molar-refractivity contribution in [2.75, 3.05) is 0 Å². The summed E-state index contributed by atoms with van der Waals surface area (Å²) in [5.74, 6) is 3.93. The Balaban J connectivity index is 1.92. The van der Waals surface area contributed by atoms with E-state index in [1.165, 1.54) is 38.5 Å². The van der Waals surface area contributed by atoms with Gasteiger partial charge < -0.3 is 5.73 Å². The summed E-state index contributed by atoms with van der Waals surface area (Å²) in [5, 5.41) is 0. The van der Waals surface area contributed by atoms with Gasteiger partial charge in [0.15, 0.2) is 0 Å². The van der Waals surface area contributed by atoms with Gasteiger partial charge in [-0.15, -0.1) is 0 Å². The van der Waals surface area contributed by atoms with E-state index in [9.17, 15) is 0 Å². The topological polar surface area (TPSA) is 26.0 Å². The molecule has 3 saturated carbocycles. The third-order valence-electron chi connectivity index (χ3n) is 4.67. The summed E-state index contributed by atoms with van der Waals surface area (Å²) in [7, 11) is 0. The molecule has 2 N–H and O–H groups in total. The van der Waals surface area contributed by atoms with Crippen LogP contribution in [0.2, 0.25) is 0 Å². The zero-order valence-corrected chi connectivity index (χ0v) is 7.71. The molecule has 68 valence electrons. The smallest absolute Gasteiger partial charge is 0.00984 e. The molecule has 0 radical (unpaired) electrons. The molecular weight excluding hydrogens is 146 g/mol. The fraction of sp³-hybridized carbons (Fsp3) is 1.00. The van der Waals surface area contributed by atoms with Gasteiger partial charge in [-0.1, -0.05) is 12.8 Å². The second-order valence-corrected chi connectivity index (χ2v) is 5.27. The highest BCUT2D eigenvalue weighted by molar-refractivity contribution is 5.00. The Bertz CT molecular complexity index is 187. The van der Waals surface area contributed by atoms with Gasteiger partial charge in [-0.3, -0.25) is 0 Å². The van der Waals surface area contributed by atoms with Crippen molar-refractivity contribution in [1.29, 1.82) is 0 Å². The summed E-state index contributed by atoms with van der Waals surface area (Å²) in [5.41, 5.74) is 6.27. The highest BCUT2D eigenvalue weighted by Crippen LogP contribution is 2.52. The first-order chi connectivity index (χ1) is 5.84. The summed E-state index contributed by atoms with van der Waals surface area (Å²) < 4.78 is 0. The number of rotatable bonds is 0. The summed E-state index contributed by atoms with van der Waals surface area (Å²) in [6.45, 7) is 0. The molecule has 0 spiro atoms. The van der Waals surface area contributed by atoms with Gasteiger partial charge >= 0.3 is 0 Å². The van der Waals surface area contributed by atoms with E-state index in [4.69, 9.17) is 5.73 Å². The molecule has 0 aliphatic heterocycles. The molecule has 3 aliphatic rings. The maximum absolute atomic E-state index is 6.27. The lowest BCUT2D eigenvalue weighted by Crippen LogP contribution is -2.32. The molecule has 0 aromatic rings. The lowest BCUT2D eigenvalue weighted by molar-refractivity contribution is 0.249. The third kappa shape index (κ3) is 0.891. The minimum Gasteiger partial charge on any atom is -0.327 e. The highest BCUT2D eigenvalue weighted by Gasteiger charge is 2.47. The molecule has 0 amide bonds. The van der Waals surface area contributed by atoms with Gasteiger partial charge in [-0.25, -0.2) is 0 Å². The Kier molecular flexibility index (Phi) is 1.52. The van der Waals surface area contributed by atoms with Crippen LogP contribution in [0, 0.1) is 23.7 Å². The molecule has 3 rings (SSSR count). The fourth-order valence-corrected chi connectivity index (χ4v) is 4.17. The molecule has 3 bridgehead atoms. The largest absolute Gasteiger partial charge is 0.327 e. The van der Waals surface area contributed by atoms with Gasteiger partial charge in [0.05, 0.1) is 0 Å². The van der Waals surface area contributed by atoms with E-state index in [0.717, 1.165) is 23.7 Å². The molecule has 5 atom stereocenters. The molecule has 3 aliphatic carbocycles. The Morgan fingerprint density at radius 1 is 0.917 bits per heavy atom. The van der Waals surface area contributed by atoms with E-state index >= 15 is 0 Å². The monoisotopic (exact) mass is 165 g/mol. The van der Waals surface area contributed by atoms with Gasteiger partial charge in [0.2, 0.25) is 0 Å². The number of fused-ring (bicyclic) bond motifs is 2. The normalized spacial score (nSPS) is 57.2. The van der Waals surface area contributed by atoms with E-state index < -0.39 is 0 Å². The Hall–Kier alpha value is -0.0400. The molecule has 1 nitrogen and oxygen atoms in total. The van der Waals surface area contributed by atoms with Gasteiger partial charge in [-0.2, -0.15) is 0 Å². The first-order valence-electron chi connectivity index (χ1n) is 5.60. The van der Waals surface area contributed by atoms with Gasteiger partial charge in [-0.05, 0) is 49.4 Å². The third-order valence-corrected chi connectivity index (χ3v) is 4.67. The molecular formula is C11H19N. The summed E-state index contributed by atoms with van der Waals surface area (Å²) in [4.78, 5) is 0. The molecule has 5 unspecified atom stereocenters. The highest BCUT2D eigenvalue weighted by atomic mass is 14.7. The standard InChI is InChI=1S/C11H19N/c12-11-9-5-7-2-1-3-10(11)8(4-7)6-9/h7-11H,1-6,12H2. The van der Waals surface area contributed by atoms with Crippen LogP contribution in [0.1, 0.15) is 38.5 Å². The van der Waals surface area contributed by atoms with Crippen LogP contribution in [0.3, 0.4) is 0 Å². The van der Waals surface area contributed by atoms with Crippen LogP contribution in [-0.2, 0) is 0 Å². The molecule has 3 fully saturated rings. The van der Waals surface area contributed by atoms with Crippen LogP contribution in [-0.4, -0.2) is 6.04 Å². The number of hydrogen-bond donors (Lipinski definition) is 1. The molecule has 0 saturated heterocycles. The second-order valence-electron chi connectivity index (χ2n) is 5.27. The zero-order chi connectivity index (χ0) is 8.13. The predicted molar refractivity (Wildman–Crippen MR) is 49.6 cm³/mol. The average Bonchev–Trinajstić information content (AvgIpc) is 2.22. The van der Waals surface area contributed by atoms with E-state index in [0.29, 0.717) is 6.04 Å². The van der Waals surface area contributed by atoms with Crippen LogP contribution in [0.4, 0.5) is 0 Å². The fourth-order valence-electron chi connectivity index (χ4n) is 4.17. The van der Waals surface area contributed by atoms with Crippen LogP contribution in [0.25, 0.3) is 0 Å². The molecule has 1 heteroatoms. The van der Waals surface area contributed by atoms with Gasteiger partial charge in [0.1, 0.15) is 0 Å². The predicted octanol–water partition coefficient (Wildman–Crippen LogP) is 2.16. The number of nitrogens with two attached hydrogens (primary N) is 1. The van der Waals surface area contributed by atoms with Crippen LogP contribution in [0.15, 0.2) is 0 Å². The second kappa shape index (κ2) is 2.47. The van der Waals surface area contributed by atoms with Crippen molar-refractivity contribution >= 4 is 0 Å². The minimum absolute atomic E-state index is 0.584. The van der Waals surface area contributed by atoms with E-state index in [2.05, 4.69) is 0 Å². The summed E-state index contributed by atoms with van der Waals surface area (Å²) in [6, 6.07) is 0.584. The van der Waals surface area contributed by atoms with Crippen molar-refractivity contribution < 1.29 is 0 Å². The van der Waals surface area contributed by atoms with Gasteiger partial charge in [0.25, 0.3) is 0 Å². The van der Waals surface area contributed by atoms with Gasteiger partial charge in [0, 0.05) is 6.04 Å². The van der Waals surface area contributed by atoms with Crippen LogP contribution >= 0.6 is 0 Å². The van der Waals surface area contributed by atoms with Crippen LogP contribution in [0.5, 0.6) is 0 Å². The van der Waals surface area contributed by atoms with Crippen molar-refractivity contribution in [2.24, 2.45) is 29.4 Å². The lowest BCUT2D eigenvalue weighted by atomic mass is 9.79. The zero-order valence-electron chi connectivity index (χ0n) is 7.71. The molecule has 0 aromatic heterocycles. The van der Waals surface area contributed by atoms with Crippen molar-refractivity contribution in [3.8, 4) is 0 Å². The SMILES string of the molecule is NC1C2CC3CCCC1C(C3)C2. The maximum Gasteiger partial charge on any atom is 0.00984 e. The van der Waals surface area contributed by atoms with Crippen molar-refractivity contribution in [1.82, 2.24) is 0 Å². The van der Waals surface area contributed by atoms with Crippen LogP contribution < -0.4 is 5.73 Å². The lowest BCUT2D eigenvalue weighted by Gasteiger charge is -2.27. The minimum atomic E-state index is 0.584. The Labute approximate surface area is 74.7 Å². The summed E-state index contributed by atoms with van der Waals surface area (Å²) in [6.07, 6.45) is 8.88. The maximum atomic E-state index is 6.27. The first kappa shape index (κ1) is 7.37. The number of hydrogen-bond acceptors (Lipinski definition) is 1.